The summed E-state index contributed by atoms with van der Waals surface area (Å²) in [6.45, 7) is 4.54. The number of methoxy groups -OCH3 is 1. The van der Waals surface area contributed by atoms with E-state index in [2.05, 4.69) is 15.2 Å². The number of carbonyl (C=O) groups excluding carboxylic acids is 1. The van der Waals surface area contributed by atoms with Crippen LogP contribution in [0.25, 0.3) is 11.5 Å². The van der Waals surface area contributed by atoms with Crippen LogP contribution < -0.4 is 4.74 Å². The van der Waals surface area contributed by atoms with E-state index < -0.39 is 0 Å². The Labute approximate surface area is 186 Å². The first-order valence-electron chi connectivity index (χ1n) is 10.9. The minimum absolute atomic E-state index is 0.0340. The van der Waals surface area contributed by atoms with E-state index in [-0.39, 0.29) is 17.2 Å². The number of likely N-dealkylation sites (tertiary alicyclic amines) is 1. The van der Waals surface area contributed by atoms with E-state index in [1.54, 1.807) is 25.4 Å². The van der Waals surface area contributed by atoms with E-state index >= 15 is 0 Å². The molecule has 32 heavy (non-hydrogen) atoms. The van der Waals surface area contributed by atoms with E-state index in [0.717, 1.165) is 18.4 Å². The summed E-state index contributed by atoms with van der Waals surface area (Å²) < 4.78 is 16.9. The molecule has 2 aliphatic heterocycles. The maximum Gasteiger partial charge on any atom is 0.255 e. The molecule has 8 nitrogen and oxygen atoms in total. The SMILES string of the molecule is COc1ccc(C(=O)N2CC(c3nnc(-c4ccc(C)cc4)o3)C3(CCOCC3)C2)cn1. The Bertz CT molecular complexity index is 1090. The fourth-order valence-corrected chi connectivity index (χ4v) is 4.75. The largest absolute Gasteiger partial charge is 0.481 e. The third-order valence-corrected chi connectivity index (χ3v) is 6.65. The van der Waals surface area contributed by atoms with Gasteiger partial charge in [0, 0.05) is 49.5 Å². The highest BCUT2D eigenvalue weighted by molar-refractivity contribution is 5.94. The van der Waals surface area contributed by atoms with Crippen LogP contribution in [-0.2, 0) is 4.74 Å². The Hall–Kier alpha value is -3.26. The fourth-order valence-electron chi connectivity index (χ4n) is 4.75. The summed E-state index contributed by atoms with van der Waals surface area (Å²) in [6.07, 6.45) is 3.27. The molecule has 2 aromatic heterocycles. The fraction of sp³-hybridized carbons (Fsp3) is 0.417. The predicted octanol–water partition coefficient (Wildman–Crippen LogP) is 3.49. The number of hydrogen-bond donors (Lipinski definition) is 0. The highest BCUT2D eigenvalue weighted by Gasteiger charge is 2.51. The minimum atomic E-state index is -0.134. The number of aryl methyl sites for hydroxylation is 1. The molecule has 5 rings (SSSR count). The molecule has 1 aromatic carbocycles. The zero-order valence-electron chi connectivity index (χ0n) is 18.3. The Kier molecular flexibility index (Phi) is 5.38. The number of carbonyl (C=O) groups is 1. The predicted molar refractivity (Wildman–Crippen MR) is 116 cm³/mol. The van der Waals surface area contributed by atoms with E-state index in [1.165, 1.54) is 5.56 Å². The van der Waals surface area contributed by atoms with Gasteiger partial charge in [0.05, 0.1) is 18.6 Å². The summed E-state index contributed by atoms with van der Waals surface area (Å²) >= 11 is 0. The monoisotopic (exact) mass is 434 g/mol. The quantitative estimate of drug-likeness (QED) is 0.621. The Balaban J connectivity index is 1.43. The molecule has 1 unspecified atom stereocenters. The van der Waals surface area contributed by atoms with Gasteiger partial charge >= 0.3 is 0 Å². The summed E-state index contributed by atoms with van der Waals surface area (Å²) in [7, 11) is 1.55. The number of pyridine rings is 1. The van der Waals surface area contributed by atoms with Gasteiger partial charge in [-0.15, -0.1) is 10.2 Å². The van der Waals surface area contributed by atoms with Crippen LogP contribution in [0, 0.1) is 12.3 Å². The van der Waals surface area contributed by atoms with Gasteiger partial charge in [-0.3, -0.25) is 4.79 Å². The van der Waals surface area contributed by atoms with Crippen LogP contribution in [0.5, 0.6) is 5.88 Å². The molecule has 0 bridgehead atoms. The summed E-state index contributed by atoms with van der Waals surface area (Å²) in [5, 5.41) is 8.72. The molecule has 8 heteroatoms. The molecule has 0 saturated carbocycles. The van der Waals surface area contributed by atoms with Crippen LogP contribution >= 0.6 is 0 Å². The molecule has 1 amide bonds. The Morgan fingerprint density at radius 2 is 1.91 bits per heavy atom. The van der Waals surface area contributed by atoms with Crippen molar-refractivity contribution >= 4 is 5.91 Å². The number of nitrogens with zero attached hydrogens (tertiary/aromatic N) is 4. The van der Waals surface area contributed by atoms with Crippen molar-refractivity contribution < 1.29 is 18.7 Å². The first-order chi connectivity index (χ1) is 15.6. The standard InChI is InChI=1S/C24H26N4O4/c1-16-3-5-17(6-4-16)21-26-27-22(32-21)19-14-28(15-24(19)9-11-31-12-10-24)23(29)18-7-8-20(30-2)25-13-18/h3-8,13,19H,9-12,14-15H2,1-2H3. The topological polar surface area (TPSA) is 90.6 Å². The summed E-state index contributed by atoms with van der Waals surface area (Å²) in [6, 6.07) is 11.5. The highest BCUT2D eigenvalue weighted by Crippen LogP contribution is 2.49. The molecule has 2 saturated heterocycles. The summed E-state index contributed by atoms with van der Waals surface area (Å²) in [4.78, 5) is 19.3. The number of ether oxygens (including phenoxy) is 2. The molecular weight excluding hydrogens is 408 g/mol. The van der Waals surface area contributed by atoms with Crippen molar-refractivity contribution in [1.82, 2.24) is 20.1 Å². The van der Waals surface area contributed by atoms with Crippen LogP contribution in [0.4, 0.5) is 0 Å². The number of amides is 1. The molecule has 3 aromatic rings. The van der Waals surface area contributed by atoms with Gasteiger partial charge in [-0.2, -0.15) is 0 Å². The molecule has 1 atom stereocenters. The first-order valence-corrected chi connectivity index (χ1v) is 10.9. The van der Waals surface area contributed by atoms with E-state index in [9.17, 15) is 4.79 Å². The Morgan fingerprint density at radius 1 is 1.12 bits per heavy atom. The maximum absolute atomic E-state index is 13.3. The molecule has 0 aliphatic carbocycles. The molecule has 0 N–H and O–H groups in total. The van der Waals surface area contributed by atoms with E-state index in [4.69, 9.17) is 13.9 Å². The normalized spacial score (nSPS) is 19.9. The average molecular weight is 434 g/mol. The lowest BCUT2D eigenvalue weighted by Gasteiger charge is -2.36. The van der Waals surface area contributed by atoms with Crippen molar-refractivity contribution in [1.29, 1.82) is 0 Å². The van der Waals surface area contributed by atoms with Gasteiger partial charge < -0.3 is 18.8 Å². The van der Waals surface area contributed by atoms with Crippen LogP contribution in [0.3, 0.4) is 0 Å². The lowest BCUT2D eigenvalue weighted by atomic mass is 9.72. The zero-order chi connectivity index (χ0) is 22.1. The van der Waals surface area contributed by atoms with E-state index in [1.807, 2.05) is 36.1 Å². The van der Waals surface area contributed by atoms with Crippen LogP contribution in [-0.4, -0.2) is 59.4 Å². The second kappa shape index (κ2) is 8.35. The third kappa shape index (κ3) is 3.75. The maximum atomic E-state index is 13.3. The van der Waals surface area contributed by atoms with Crippen molar-refractivity contribution in [2.45, 2.75) is 25.7 Å². The highest BCUT2D eigenvalue weighted by atomic mass is 16.5. The Morgan fingerprint density at radius 3 is 2.59 bits per heavy atom. The van der Waals surface area contributed by atoms with Crippen LogP contribution in [0.1, 0.15) is 40.6 Å². The van der Waals surface area contributed by atoms with Gasteiger partial charge in [0.2, 0.25) is 17.7 Å². The lowest BCUT2D eigenvalue weighted by molar-refractivity contribution is 0.00908. The smallest absolute Gasteiger partial charge is 0.255 e. The first kappa shape index (κ1) is 20.6. The van der Waals surface area contributed by atoms with Gasteiger partial charge in [-0.25, -0.2) is 4.98 Å². The summed E-state index contributed by atoms with van der Waals surface area (Å²) in [5.74, 6) is 1.49. The van der Waals surface area contributed by atoms with Crippen molar-refractivity contribution in [3.8, 4) is 17.3 Å². The van der Waals surface area contributed by atoms with Crippen LogP contribution in [0.2, 0.25) is 0 Å². The third-order valence-electron chi connectivity index (χ3n) is 6.65. The number of hydrogen-bond acceptors (Lipinski definition) is 7. The van der Waals surface area contributed by atoms with Gasteiger partial charge in [-0.05, 0) is 38.0 Å². The van der Waals surface area contributed by atoms with Gasteiger partial charge in [0.1, 0.15) is 0 Å². The molecule has 166 valence electrons. The van der Waals surface area contributed by atoms with Crippen LogP contribution in [0.15, 0.2) is 47.0 Å². The number of benzene rings is 1. The van der Waals surface area contributed by atoms with Gasteiger partial charge in [0.25, 0.3) is 5.91 Å². The second-order valence-corrected chi connectivity index (χ2v) is 8.61. The number of rotatable bonds is 4. The van der Waals surface area contributed by atoms with E-state index in [0.29, 0.717) is 49.5 Å². The van der Waals surface area contributed by atoms with Crippen molar-refractivity contribution in [2.24, 2.45) is 5.41 Å². The van der Waals surface area contributed by atoms with Crippen molar-refractivity contribution in [2.75, 3.05) is 33.4 Å². The summed E-state index contributed by atoms with van der Waals surface area (Å²) in [5.41, 5.74) is 2.48. The van der Waals surface area contributed by atoms with Gasteiger partial charge in [-0.1, -0.05) is 17.7 Å². The lowest BCUT2D eigenvalue weighted by Crippen LogP contribution is -2.37. The second-order valence-electron chi connectivity index (χ2n) is 8.61. The molecular formula is C24H26N4O4. The van der Waals surface area contributed by atoms with Crippen molar-refractivity contribution in [3.05, 3.63) is 59.6 Å². The molecule has 2 aliphatic rings. The molecule has 0 radical (unpaired) electrons. The van der Waals surface area contributed by atoms with Crippen molar-refractivity contribution in [3.63, 3.8) is 0 Å². The molecule has 4 heterocycles. The molecule has 1 spiro atoms. The molecule has 2 fully saturated rings. The minimum Gasteiger partial charge on any atom is -0.481 e. The van der Waals surface area contributed by atoms with Gasteiger partial charge in [0.15, 0.2) is 0 Å². The number of aromatic nitrogens is 3. The zero-order valence-corrected chi connectivity index (χ0v) is 18.3. The average Bonchev–Trinajstić information content (AvgIpc) is 3.45.